The number of nitrogens with one attached hydrogen (secondary N) is 1. The summed E-state index contributed by atoms with van der Waals surface area (Å²) in [6.07, 6.45) is 1.87. The van der Waals surface area contributed by atoms with Crippen molar-refractivity contribution in [3.63, 3.8) is 0 Å². The number of nitrogens with two attached hydrogens (primary N) is 1. The molecule has 0 aliphatic carbocycles. The molecule has 122 valence electrons. The molecule has 0 saturated carbocycles. The zero-order valence-electron chi connectivity index (χ0n) is 14.0. The lowest BCUT2D eigenvalue weighted by Gasteiger charge is -2.22. The van der Waals surface area contributed by atoms with Crippen LogP contribution < -0.4 is 11.1 Å². The predicted molar refractivity (Wildman–Crippen MR) is 89.8 cm³/mol. The SMILES string of the molecule is CCCN(CCC)C(=O)c1ccc(NC(=O)C(C)(C)N)cc1. The van der Waals surface area contributed by atoms with Gasteiger partial charge in [0.15, 0.2) is 0 Å². The Kier molecular flexibility index (Phi) is 6.56. The van der Waals surface area contributed by atoms with Crippen molar-refractivity contribution in [1.29, 1.82) is 0 Å². The molecule has 1 rings (SSSR count). The molecular weight excluding hydrogens is 278 g/mol. The zero-order chi connectivity index (χ0) is 16.8. The van der Waals surface area contributed by atoms with Gasteiger partial charge in [-0.25, -0.2) is 0 Å². The van der Waals surface area contributed by atoms with Crippen molar-refractivity contribution in [3.05, 3.63) is 29.8 Å². The van der Waals surface area contributed by atoms with Crippen LogP contribution in [0.15, 0.2) is 24.3 Å². The van der Waals surface area contributed by atoms with Gasteiger partial charge in [-0.15, -0.1) is 0 Å². The first-order valence-corrected chi connectivity index (χ1v) is 7.79. The highest BCUT2D eigenvalue weighted by molar-refractivity contribution is 5.98. The van der Waals surface area contributed by atoms with Gasteiger partial charge in [0.25, 0.3) is 5.91 Å². The molecule has 0 saturated heterocycles. The summed E-state index contributed by atoms with van der Waals surface area (Å²) in [7, 11) is 0. The Morgan fingerprint density at radius 3 is 2.00 bits per heavy atom. The predicted octanol–water partition coefficient (Wildman–Crippen LogP) is 2.62. The van der Waals surface area contributed by atoms with Crippen molar-refractivity contribution in [2.24, 2.45) is 5.73 Å². The van der Waals surface area contributed by atoms with Crippen molar-refractivity contribution >= 4 is 17.5 Å². The number of nitrogens with zero attached hydrogens (tertiary/aromatic N) is 1. The third kappa shape index (κ3) is 5.15. The molecule has 0 radical (unpaired) electrons. The molecule has 0 aliphatic heterocycles. The van der Waals surface area contributed by atoms with Gasteiger partial charge in [0.05, 0.1) is 5.54 Å². The van der Waals surface area contributed by atoms with Crippen LogP contribution >= 0.6 is 0 Å². The summed E-state index contributed by atoms with van der Waals surface area (Å²) in [5, 5.41) is 2.74. The van der Waals surface area contributed by atoms with E-state index in [1.165, 1.54) is 0 Å². The maximum atomic E-state index is 12.4. The number of benzene rings is 1. The molecule has 0 fully saturated rings. The summed E-state index contributed by atoms with van der Waals surface area (Å²) in [6, 6.07) is 6.93. The maximum absolute atomic E-state index is 12.4. The van der Waals surface area contributed by atoms with Crippen LogP contribution in [0.5, 0.6) is 0 Å². The highest BCUT2D eigenvalue weighted by Crippen LogP contribution is 2.13. The number of hydrogen-bond acceptors (Lipinski definition) is 3. The van der Waals surface area contributed by atoms with Crippen LogP contribution in [-0.4, -0.2) is 35.3 Å². The Morgan fingerprint density at radius 1 is 1.09 bits per heavy atom. The largest absolute Gasteiger partial charge is 0.339 e. The lowest BCUT2D eigenvalue weighted by molar-refractivity contribution is -0.120. The number of anilines is 1. The van der Waals surface area contributed by atoms with Crippen LogP contribution in [0.3, 0.4) is 0 Å². The molecule has 0 bridgehead atoms. The van der Waals surface area contributed by atoms with Crippen LogP contribution in [0, 0.1) is 0 Å². The first-order chi connectivity index (χ1) is 10.3. The van der Waals surface area contributed by atoms with Crippen LogP contribution in [0.1, 0.15) is 50.9 Å². The molecule has 0 spiro atoms. The first kappa shape index (κ1) is 18.2. The van der Waals surface area contributed by atoms with Gasteiger partial charge in [0.1, 0.15) is 0 Å². The molecule has 1 aromatic rings. The minimum atomic E-state index is -0.937. The normalized spacial score (nSPS) is 11.1. The standard InChI is InChI=1S/C17H27N3O2/c1-5-11-20(12-6-2)15(21)13-7-9-14(10-8-13)19-16(22)17(3,4)18/h7-10H,5-6,11-12,18H2,1-4H3,(H,19,22). The van der Waals surface area contributed by atoms with Crippen LogP contribution in [0.25, 0.3) is 0 Å². The smallest absolute Gasteiger partial charge is 0.253 e. The zero-order valence-corrected chi connectivity index (χ0v) is 14.0. The van der Waals surface area contributed by atoms with Gasteiger partial charge in [0, 0.05) is 24.3 Å². The third-order valence-electron chi connectivity index (χ3n) is 3.25. The summed E-state index contributed by atoms with van der Waals surface area (Å²) >= 11 is 0. The van der Waals surface area contributed by atoms with Crippen molar-refractivity contribution in [2.45, 2.75) is 46.1 Å². The summed E-state index contributed by atoms with van der Waals surface area (Å²) in [4.78, 5) is 26.1. The number of hydrogen-bond donors (Lipinski definition) is 2. The molecule has 1 aromatic carbocycles. The Bertz CT molecular complexity index is 498. The number of rotatable bonds is 7. The van der Waals surface area contributed by atoms with E-state index in [1.807, 2.05) is 4.90 Å². The van der Waals surface area contributed by atoms with E-state index in [2.05, 4.69) is 19.2 Å². The van der Waals surface area contributed by atoms with Crippen LogP contribution in [0.2, 0.25) is 0 Å². The summed E-state index contributed by atoms with van der Waals surface area (Å²) < 4.78 is 0. The second kappa shape index (κ2) is 7.94. The Hall–Kier alpha value is -1.88. The summed E-state index contributed by atoms with van der Waals surface area (Å²) in [5.41, 5.74) is 6.07. The van der Waals surface area contributed by atoms with E-state index in [-0.39, 0.29) is 11.8 Å². The van der Waals surface area contributed by atoms with Crippen molar-refractivity contribution in [2.75, 3.05) is 18.4 Å². The van der Waals surface area contributed by atoms with E-state index in [1.54, 1.807) is 38.1 Å². The number of carbonyl (C=O) groups is 2. The quantitative estimate of drug-likeness (QED) is 0.813. The second-order valence-corrected chi connectivity index (χ2v) is 6.05. The topological polar surface area (TPSA) is 75.4 Å². The number of amides is 2. The second-order valence-electron chi connectivity index (χ2n) is 6.05. The molecule has 5 nitrogen and oxygen atoms in total. The molecule has 0 aromatic heterocycles. The highest BCUT2D eigenvalue weighted by atomic mass is 16.2. The van der Waals surface area contributed by atoms with E-state index in [4.69, 9.17) is 5.73 Å². The fraction of sp³-hybridized carbons (Fsp3) is 0.529. The van der Waals surface area contributed by atoms with Gasteiger partial charge in [-0.05, 0) is 51.0 Å². The lowest BCUT2D eigenvalue weighted by Crippen LogP contribution is -2.45. The third-order valence-corrected chi connectivity index (χ3v) is 3.25. The Balaban J connectivity index is 2.79. The molecule has 2 amide bonds. The fourth-order valence-electron chi connectivity index (χ4n) is 2.03. The molecular formula is C17H27N3O2. The van der Waals surface area contributed by atoms with Crippen molar-refractivity contribution < 1.29 is 9.59 Å². The highest BCUT2D eigenvalue weighted by Gasteiger charge is 2.22. The molecule has 0 heterocycles. The van der Waals surface area contributed by atoms with Gasteiger partial charge in [0.2, 0.25) is 5.91 Å². The number of carbonyl (C=O) groups excluding carboxylic acids is 2. The van der Waals surface area contributed by atoms with E-state index in [9.17, 15) is 9.59 Å². The van der Waals surface area contributed by atoms with E-state index in [0.29, 0.717) is 11.3 Å². The van der Waals surface area contributed by atoms with Crippen LogP contribution in [-0.2, 0) is 4.79 Å². The monoisotopic (exact) mass is 305 g/mol. The summed E-state index contributed by atoms with van der Waals surface area (Å²) in [5.74, 6) is -0.231. The first-order valence-electron chi connectivity index (χ1n) is 7.79. The van der Waals surface area contributed by atoms with E-state index in [0.717, 1.165) is 25.9 Å². The molecule has 0 atom stereocenters. The van der Waals surface area contributed by atoms with Gasteiger partial charge >= 0.3 is 0 Å². The molecule has 5 heteroatoms. The van der Waals surface area contributed by atoms with Gasteiger partial charge in [-0.1, -0.05) is 13.8 Å². The molecule has 3 N–H and O–H groups in total. The van der Waals surface area contributed by atoms with E-state index < -0.39 is 5.54 Å². The Morgan fingerprint density at radius 2 is 1.59 bits per heavy atom. The fourth-order valence-corrected chi connectivity index (χ4v) is 2.03. The summed E-state index contributed by atoms with van der Waals surface area (Å²) in [6.45, 7) is 8.92. The molecule has 0 unspecified atom stereocenters. The van der Waals surface area contributed by atoms with Crippen molar-refractivity contribution in [3.8, 4) is 0 Å². The average molecular weight is 305 g/mol. The average Bonchev–Trinajstić information content (AvgIpc) is 2.46. The van der Waals surface area contributed by atoms with Gasteiger partial charge in [-0.2, -0.15) is 0 Å². The van der Waals surface area contributed by atoms with Gasteiger partial charge < -0.3 is 16.0 Å². The van der Waals surface area contributed by atoms with Crippen LogP contribution in [0.4, 0.5) is 5.69 Å². The van der Waals surface area contributed by atoms with Gasteiger partial charge in [-0.3, -0.25) is 9.59 Å². The molecule has 0 aliphatic rings. The molecule has 22 heavy (non-hydrogen) atoms. The van der Waals surface area contributed by atoms with E-state index >= 15 is 0 Å². The minimum absolute atomic E-state index is 0.0285. The Labute approximate surface area is 132 Å². The lowest BCUT2D eigenvalue weighted by atomic mass is 10.1. The maximum Gasteiger partial charge on any atom is 0.253 e. The minimum Gasteiger partial charge on any atom is -0.339 e. The van der Waals surface area contributed by atoms with Crippen molar-refractivity contribution in [1.82, 2.24) is 4.90 Å².